The summed E-state index contributed by atoms with van der Waals surface area (Å²) in [4.78, 5) is 22.5. The Bertz CT molecular complexity index is 1550. The lowest BCUT2D eigenvalue weighted by atomic mass is 10.1. The molecule has 190 valence electrons. The molecule has 0 heterocycles. The number of halogens is 1. The van der Waals surface area contributed by atoms with E-state index in [4.69, 9.17) is 13.7 Å². The van der Waals surface area contributed by atoms with Crippen molar-refractivity contribution in [2.45, 2.75) is 4.90 Å². The van der Waals surface area contributed by atoms with Crippen LogP contribution >= 0.6 is 15.9 Å². The molecule has 0 spiro atoms. The molecule has 0 aliphatic carbocycles. The van der Waals surface area contributed by atoms with Gasteiger partial charge in [0.15, 0.2) is 11.5 Å². The molecule has 0 unspecified atom stereocenters. The summed E-state index contributed by atoms with van der Waals surface area (Å²) in [6, 6.07) is 15.6. The Labute approximate surface area is 220 Å². The molecule has 0 radical (unpaired) electrons. The molecule has 0 fully saturated rings. The molecule has 3 rings (SSSR count). The third kappa shape index (κ3) is 6.63. The minimum atomic E-state index is -4.48. The summed E-state index contributed by atoms with van der Waals surface area (Å²) in [5.41, 5.74) is 0.0719. The second-order valence-corrected chi connectivity index (χ2v) is 9.58. The Morgan fingerprint density at radius 1 is 1.11 bits per heavy atom. The number of ether oxygens (including phenoxy) is 2. The zero-order valence-electron chi connectivity index (χ0n) is 19.3. The highest BCUT2D eigenvalue weighted by Crippen LogP contribution is 2.39. The van der Waals surface area contributed by atoms with E-state index in [1.807, 2.05) is 6.07 Å². The maximum Gasteiger partial charge on any atom is 0.339 e. The van der Waals surface area contributed by atoms with E-state index in [9.17, 15) is 28.6 Å². The Balaban J connectivity index is 1.91. The summed E-state index contributed by atoms with van der Waals surface area (Å²) < 4.78 is 41.3. The number of amides is 1. The van der Waals surface area contributed by atoms with Crippen molar-refractivity contribution >= 4 is 49.4 Å². The van der Waals surface area contributed by atoms with Crippen molar-refractivity contribution in [2.75, 3.05) is 19.5 Å². The van der Waals surface area contributed by atoms with Gasteiger partial charge in [0.25, 0.3) is 11.6 Å². The van der Waals surface area contributed by atoms with E-state index < -0.39 is 31.5 Å². The van der Waals surface area contributed by atoms with E-state index in [0.717, 1.165) is 18.2 Å². The fraction of sp³-hybridized carbons (Fsp3) is 0.0833. The van der Waals surface area contributed by atoms with Crippen LogP contribution in [0, 0.1) is 21.4 Å². The van der Waals surface area contributed by atoms with Crippen molar-refractivity contribution in [3.05, 3.63) is 86.4 Å². The van der Waals surface area contributed by atoms with Gasteiger partial charge in [0.1, 0.15) is 22.3 Å². The highest BCUT2D eigenvalue weighted by atomic mass is 79.9. The summed E-state index contributed by atoms with van der Waals surface area (Å²) in [6.07, 6.45) is 1.28. The van der Waals surface area contributed by atoms with Crippen molar-refractivity contribution < 1.29 is 31.8 Å². The smallest absolute Gasteiger partial charge is 0.339 e. The second-order valence-electron chi connectivity index (χ2n) is 7.18. The van der Waals surface area contributed by atoms with Gasteiger partial charge in [-0.05, 0) is 57.9 Å². The van der Waals surface area contributed by atoms with Crippen LogP contribution in [0.15, 0.2) is 75.6 Å². The number of methoxy groups -OCH3 is 2. The normalized spacial score (nSPS) is 11.2. The molecule has 3 aromatic carbocycles. The maximum absolute atomic E-state index is 12.8. The molecule has 0 atom stereocenters. The Morgan fingerprint density at radius 2 is 1.84 bits per heavy atom. The topological polar surface area (TPSA) is 158 Å². The number of nitro benzene ring substituents is 1. The van der Waals surface area contributed by atoms with Crippen LogP contribution in [0.5, 0.6) is 17.2 Å². The largest absolute Gasteiger partial charge is 0.497 e. The first kappa shape index (κ1) is 27.2. The second kappa shape index (κ2) is 11.5. The summed E-state index contributed by atoms with van der Waals surface area (Å²) in [7, 11) is -1.73. The number of non-ortho nitro benzene ring substituents is 1. The fourth-order valence-corrected chi connectivity index (χ4v) is 4.67. The van der Waals surface area contributed by atoms with Gasteiger partial charge in [0.05, 0.1) is 23.6 Å². The van der Waals surface area contributed by atoms with Crippen molar-refractivity contribution in [2.24, 2.45) is 0 Å². The number of anilines is 1. The average molecular weight is 588 g/mol. The zero-order chi connectivity index (χ0) is 27.2. The first-order valence-corrected chi connectivity index (χ1v) is 12.4. The Morgan fingerprint density at radius 3 is 2.49 bits per heavy atom. The molecule has 0 saturated carbocycles. The molecular weight excluding hydrogens is 570 g/mol. The summed E-state index contributed by atoms with van der Waals surface area (Å²) in [5.74, 6) is -0.436. The van der Waals surface area contributed by atoms with Gasteiger partial charge in [0.2, 0.25) is 0 Å². The standard InChI is InChI=1S/C24H18BrN3O8S/c1-34-19-7-3-5-17(12-19)27-24(29)16(14-26)9-15-10-21(25)23(22(11-15)35-2)36-37(32,33)20-8-4-6-18(13-20)28(30)31/h3-13H,1-2H3,(H,27,29)/b16-9+. The molecule has 1 N–H and O–H groups in total. The molecule has 0 aliphatic rings. The Hall–Kier alpha value is -4.41. The summed E-state index contributed by atoms with van der Waals surface area (Å²) >= 11 is 3.22. The molecule has 0 aromatic heterocycles. The number of benzene rings is 3. The Kier molecular flexibility index (Phi) is 8.49. The molecular formula is C24H18BrN3O8S. The zero-order valence-corrected chi connectivity index (χ0v) is 21.7. The van der Waals surface area contributed by atoms with Crippen LogP contribution in [0.1, 0.15) is 5.56 Å². The predicted octanol–water partition coefficient (Wildman–Crippen LogP) is 4.69. The minimum absolute atomic E-state index is 0.0416. The van der Waals surface area contributed by atoms with E-state index in [-0.39, 0.29) is 21.5 Å². The number of hydrogen-bond acceptors (Lipinski definition) is 9. The van der Waals surface area contributed by atoms with E-state index in [1.54, 1.807) is 24.3 Å². The van der Waals surface area contributed by atoms with Crippen LogP contribution in [0.4, 0.5) is 11.4 Å². The van der Waals surface area contributed by atoms with Gasteiger partial charge in [0, 0.05) is 23.9 Å². The van der Waals surface area contributed by atoms with Gasteiger partial charge in [-0.25, -0.2) is 0 Å². The van der Waals surface area contributed by atoms with Crippen molar-refractivity contribution in [1.29, 1.82) is 5.26 Å². The highest BCUT2D eigenvalue weighted by molar-refractivity contribution is 9.10. The lowest BCUT2D eigenvalue weighted by molar-refractivity contribution is -0.385. The van der Waals surface area contributed by atoms with Crippen LogP contribution in [0.25, 0.3) is 6.08 Å². The lowest BCUT2D eigenvalue weighted by Gasteiger charge is -2.13. The van der Waals surface area contributed by atoms with E-state index in [0.29, 0.717) is 17.0 Å². The van der Waals surface area contributed by atoms with Gasteiger partial charge in [-0.2, -0.15) is 13.7 Å². The van der Waals surface area contributed by atoms with Crippen LogP contribution < -0.4 is 19.0 Å². The molecule has 11 nitrogen and oxygen atoms in total. The number of nitrogens with one attached hydrogen (secondary N) is 1. The molecule has 0 saturated heterocycles. The van der Waals surface area contributed by atoms with Crippen LogP contribution in [-0.4, -0.2) is 33.5 Å². The van der Waals surface area contributed by atoms with E-state index in [1.165, 1.54) is 38.5 Å². The number of carbonyl (C=O) groups excluding carboxylic acids is 1. The molecule has 1 amide bonds. The number of hydrogen-bond donors (Lipinski definition) is 1. The van der Waals surface area contributed by atoms with Gasteiger partial charge >= 0.3 is 10.1 Å². The van der Waals surface area contributed by atoms with Crippen LogP contribution in [0.2, 0.25) is 0 Å². The van der Waals surface area contributed by atoms with Crippen molar-refractivity contribution in [3.8, 4) is 23.3 Å². The van der Waals surface area contributed by atoms with Gasteiger partial charge < -0.3 is 19.0 Å². The molecule has 0 aliphatic heterocycles. The molecule has 37 heavy (non-hydrogen) atoms. The number of nitrogens with zero attached hydrogens (tertiary/aromatic N) is 2. The molecule has 0 bridgehead atoms. The number of nitriles is 1. The SMILES string of the molecule is COc1cccc(NC(=O)/C(C#N)=C/c2cc(Br)c(OS(=O)(=O)c3cccc([N+](=O)[O-])c3)c(OC)c2)c1. The number of nitro groups is 1. The summed E-state index contributed by atoms with van der Waals surface area (Å²) in [6.45, 7) is 0. The summed E-state index contributed by atoms with van der Waals surface area (Å²) in [5, 5.41) is 23.1. The lowest BCUT2D eigenvalue weighted by Crippen LogP contribution is -2.13. The van der Waals surface area contributed by atoms with Gasteiger partial charge in [-0.1, -0.05) is 12.1 Å². The quantitative estimate of drug-likeness (QED) is 0.123. The molecule has 3 aromatic rings. The number of carbonyl (C=O) groups is 1. The van der Waals surface area contributed by atoms with E-state index >= 15 is 0 Å². The maximum atomic E-state index is 12.8. The third-order valence-corrected chi connectivity index (χ3v) is 6.57. The third-order valence-electron chi connectivity index (χ3n) is 4.77. The van der Waals surface area contributed by atoms with Gasteiger partial charge in [-0.3, -0.25) is 14.9 Å². The van der Waals surface area contributed by atoms with Crippen molar-refractivity contribution in [3.63, 3.8) is 0 Å². The average Bonchev–Trinajstić information content (AvgIpc) is 2.88. The minimum Gasteiger partial charge on any atom is -0.497 e. The predicted molar refractivity (Wildman–Crippen MR) is 137 cm³/mol. The van der Waals surface area contributed by atoms with Gasteiger partial charge in [-0.15, -0.1) is 0 Å². The van der Waals surface area contributed by atoms with Crippen LogP contribution in [0.3, 0.4) is 0 Å². The highest BCUT2D eigenvalue weighted by Gasteiger charge is 2.24. The number of rotatable bonds is 9. The van der Waals surface area contributed by atoms with Crippen LogP contribution in [-0.2, 0) is 14.9 Å². The monoisotopic (exact) mass is 587 g/mol. The van der Waals surface area contributed by atoms with E-state index in [2.05, 4.69) is 21.2 Å². The first-order valence-electron chi connectivity index (χ1n) is 10.2. The fourth-order valence-electron chi connectivity index (χ4n) is 3.03. The molecule has 13 heteroatoms. The first-order chi connectivity index (χ1) is 17.6. The van der Waals surface area contributed by atoms with Crippen molar-refractivity contribution in [1.82, 2.24) is 0 Å².